The third-order valence-corrected chi connectivity index (χ3v) is 1.29. The van der Waals surface area contributed by atoms with Gasteiger partial charge in [-0.25, -0.2) is 0 Å². The van der Waals surface area contributed by atoms with Crippen LogP contribution in [0.25, 0.3) is 0 Å². The third kappa shape index (κ3) is 9.95. The molecule has 0 spiro atoms. The molecule has 0 heterocycles. The number of rotatable bonds is 2. The van der Waals surface area contributed by atoms with Crippen LogP contribution < -0.4 is 29.6 Å². The topological polar surface area (TPSA) is 0 Å². The molecule has 42 valence electrons. The van der Waals surface area contributed by atoms with Gasteiger partial charge in [-0.1, -0.05) is 12.2 Å². The monoisotopic (exact) mass is 138 g/mol. The molecule has 0 radical (unpaired) electrons. The van der Waals surface area contributed by atoms with Crippen LogP contribution in [0.4, 0.5) is 0 Å². The zero-order valence-electron chi connectivity index (χ0n) is 6.72. The summed E-state index contributed by atoms with van der Waals surface area (Å²) in [5, 5.41) is 4.08. The summed E-state index contributed by atoms with van der Waals surface area (Å²) in [7, 11) is 0. The van der Waals surface area contributed by atoms with Crippen molar-refractivity contribution in [2.24, 2.45) is 0 Å². The second-order valence-electron chi connectivity index (χ2n) is 1.07. The summed E-state index contributed by atoms with van der Waals surface area (Å²) in [5.74, 6) is 0. The zero-order chi connectivity index (χ0) is 5.54. The smallest absolute Gasteiger partial charge is 1.00 e. The molecule has 0 aromatic rings. The van der Waals surface area contributed by atoms with Crippen molar-refractivity contribution in [3.8, 4) is 0 Å². The third-order valence-electron chi connectivity index (χ3n) is 0.429. The minimum absolute atomic E-state index is 0. The molecule has 8 heavy (non-hydrogen) atoms. The summed E-state index contributed by atoms with van der Waals surface area (Å²) in [5.41, 5.74) is 0. The molecule has 0 saturated heterocycles. The van der Waals surface area contributed by atoms with Crippen LogP contribution in [-0.2, 0) is 0 Å². The van der Waals surface area contributed by atoms with Gasteiger partial charge in [0.05, 0.1) is 0 Å². The molecule has 0 aromatic carbocycles. The Hall–Kier alpha value is 0.830. The standard InChI is InChI=1S/C6H10S.Na.H/c1-3-5-7-6-4-2;;/h3-6H,1-2H3;;/q;+1;-1. The van der Waals surface area contributed by atoms with Crippen molar-refractivity contribution in [2.75, 3.05) is 0 Å². The van der Waals surface area contributed by atoms with E-state index in [1.807, 2.05) is 36.8 Å². The summed E-state index contributed by atoms with van der Waals surface area (Å²) in [6, 6.07) is 0. The van der Waals surface area contributed by atoms with E-state index in [0.29, 0.717) is 0 Å². The Morgan fingerprint density at radius 1 is 1.12 bits per heavy atom. The summed E-state index contributed by atoms with van der Waals surface area (Å²) in [6.07, 6.45) is 4.04. The molecule has 0 aliphatic carbocycles. The minimum Gasteiger partial charge on any atom is -1.00 e. The predicted octanol–water partition coefficient (Wildman–Crippen LogP) is -0.0967. The van der Waals surface area contributed by atoms with Crippen LogP contribution in [0.2, 0.25) is 0 Å². The number of hydrogen-bond donors (Lipinski definition) is 0. The van der Waals surface area contributed by atoms with Crippen LogP contribution in [-0.4, -0.2) is 0 Å². The number of thioether (sulfide) groups is 1. The molecule has 0 N–H and O–H groups in total. The quantitative estimate of drug-likeness (QED) is 0.480. The van der Waals surface area contributed by atoms with Crippen LogP contribution >= 0.6 is 11.8 Å². The molecule has 0 aliphatic heterocycles. The minimum atomic E-state index is 0. The molecular formula is C6H11NaS. The van der Waals surface area contributed by atoms with Crippen molar-refractivity contribution in [3.05, 3.63) is 23.0 Å². The zero-order valence-corrected chi connectivity index (χ0v) is 8.53. The molecule has 0 bridgehead atoms. The van der Waals surface area contributed by atoms with Crippen LogP contribution in [0.15, 0.2) is 23.0 Å². The van der Waals surface area contributed by atoms with Gasteiger partial charge in [0.15, 0.2) is 0 Å². The Bertz CT molecular complexity index is 71.1. The Morgan fingerprint density at radius 3 is 1.75 bits per heavy atom. The maximum absolute atomic E-state index is 2.04. The van der Waals surface area contributed by atoms with Crippen molar-refractivity contribution < 1.29 is 31.0 Å². The molecule has 0 saturated carbocycles. The van der Waals surface area contributed by atoms with E-state index in [0.717, 1.165) is 0 Å². The van der Waals surface area contributed by atoms with Gasteiger partial charge in [0, 0.05) is 0 Å². The van der Waals surface area contributed by atoms with Gasteiger partial charge >= 0.3 is 29.6 Å². The van der Waals surface area contributed by atoms with E-state index in [1.54, 1.807) is 11.8 Å². The largest absolute Gasteiger partial charge is 1.00 e. The van der Waals surface area contributed by atoms with Gasteiger partial charge in [0.2, 0.25) is 0 Å². The Kier molecular flexibility index (Phi) is 15.6. The van der Waals surface area contributed by atoms with E-state index >= 15 is 0 Å². The van der Waals surface area contributed by atoms with Crippen molar-refractivity contribution in [1.82, 2.24) is 0 Å². The van der Waals surface area contributed by atoms with E-state index in [4.69, 9.17) is 0 Å². The van der Waals surface area contributed by atoms with Gasteiger partial charge in [-0.05, 0) is 24.7 Å². The summed E-state index contributed by atoms with van der Waals surface area (Å²) in [6.45, 7) is 4.02. The Morgan fingerprint density at radius 2 is 1.50 bits per heavy atom. The maximum Gasteiger partial charge on any atom is 1.00 e. The molecule has 0 atom stereocenters. The van der Waals surface area contributed by atoms with Crippen molar-refractivity contribution >= 4 is 11.8 Å². The fourth-order valence-corrected chi connectivity index (χ4v) is 0.607. The fraction of sp³-hybridized carbons (Fsp3) is 0.333. The molecule has 0 aromatic heterocycles. The molecular weight excluding hydrogens is 127 g/mol. The molecule has 2 heteroatoms. The SMILES string of the molecule is CC=CSC=CC.[H-].[Na+]. The van der Waals surface area contributed by atoms with E-state index in [1.165, 1.54) is 0 Å². The second kappa shape index (κ2) is 10.7. The van der Waals surface area contributed by atoms with Gasteiger partial charge in [-0.2, -0.15) is 0 Å². The van der Waals surface area contributed by atoms with Crippen molar-refractivity contribution in [3.63, 3.8) is 0 Å². The Labute approximate surface area is 79.2 Å². The van der Waals surface area contributed by atoms with Crippen LogP contribution in [0, 0.1) is 0 Å². The van der Waals surface area contributed by atoms with Crippen LogP contribution in [0.1, 0.15) is 15.3 Å². The van der Waals surface area contributed by atoms with E-state index < -0.39 is 0 Å². The Balaban J connectivity index is -0.000000180. The van der Waals surface area contributed by atoms with E-state index in [9.17, 15) is 0 Å². The molecule has 0 nitrogen and oxygen atoms in total. The first-order valence-corrected chi connectivity index (χ1v) is 3.24. The van der Waals surface area contributed by atoms with E-state index in [-0.39, 0.29) is 31.0 Å². The fourth-order valence-electron chi connectivity index (χ4n) is 0.202. The molecule has 0 rings (SSSR count). The summed E-state index contributed by atoms with van der Waals surface area (Å²) in [4.78, 5) is 0. The van der Waals surface area contributed by atoms with Gasteiger partial charge in [-0.3, -0.25) is 0 Å². The van der Waals surface area contributed by atoms with Crippen LogP contribution in [0.5, 0.6) is 0 Å². The normalized spacial score (nSPS) is 10.2. The summed E-state index contributed by atoms with van der Waals surface area (Å²) >= 11 is 1.69. The van der Waals surface area contributed by atoms with Crippen LogP contribution in [0.3, 0.4) is 0 Å². The first-order valence-electron chi connectivity index (χ1n) is 2.29. The van der Waals surface area contributed by atoms with E-state index in [2.05, 4.69) is 0 Å². The number of allylic oxidation sites excluding steroid dienone is 2. The molecule has 0 amide bonds. The van der Waals surface area contributed by atoms with Crippen molar-refractivity contribution in [1.29, 1.82) is 0 Å². The van der Waals surface area contributed by atoms with Crippen molar-refractivity contribution in [2.45, 2.75) is 13.8 Å². The molecule has 0 fully saturated rings. The summed E-state index contributed by atoms with van der Waals surface area (Å²) < 4.78 is 0. The van der Waals surface area contributed by atoms with Gasteiger partial charge in [0.1, 0.15) is 0 Å². The average Bonchev–Trinajstić information content (AvgIpc) is 1.69. The van der Waals surface area contributed by atoms with Gasteiger partial charge in [-0.15, -0.1) is 11.8 Å². The average molecular weight is 138 g/mol. The predicted molar refractivity (Wildman–Crippen MR) is 38.3 cm³/mol. The van der Waals surface area contributed by atoms with Gasteiger partial charge < -0.3 is 1.43 Å². The second-order valence-corrected chi connectivity index (χ2v) is 1.89. The number of hydrogen-bond acceptors (Lipinski definition) is 1. The van der Waals surface area contributed by atoms with Gasteiger partial charge in [0.25, 0.3) is 0 Å². The first-order chi connectivity index (χ1) is 3.41. The first kappa shape index (κ1) is 11.6. The maximum atomic E-state index is 2.04. The molecule has 0 aliphatic rings. The molecule has 0 unspecified atom stereocenters.